The highest BCUT2D eigenvalue weighted by Gasteiger charge is 2.52. The minimum atomic E-state index is -0.193. The number of fused-ring (bicyclic) bond motifs is 3. The first-order valence-corrected chi connectivity index (χ1v) is 7.54. The van der Waals surface area contributed by atoms with Crippen molar-refractivity contribution in [1.82, 2.24) is 0 Å². The molecule has 2 unspecified atom stereocenters. The molecule has 0 radical (unpaired) electrons. The number of Topliss-reactive ketones (excluding diaryl/α,β-unsaturated/α-hetero) is 1. The van der Waals surface area contributed by atoms with Gasteiger partial charge in [0.25, 0.3) is 0 Å². The molecule has 0 aliphatic heterocycles. The van der Waals surface area contributed by atoms with E-state index in [9.17, 15) is 9.59 Å². The zero-order valence-corrected chi connectivity index (χ0v) is 12.4. The molecule has 0 amide bonds. The van der Waals surface area contributed by atoms with Gasteiger partial charge < -0.3 is 4.74 Å². The van der Waals surface area contributed by atoms with Crippen LogP contribution in [0.4, 0.5) is 0 Å². The molecule has 0 heterocycles. The van der Waals surface area contributed by atoms with Crippen LogP contribution in [-0.4, -0.2) is 17.9 Å². The molecule has 0 N–H and O–H groups in total. The predicted molar refractivity (Wildman–Crippen MR) is 76.0 cm³/mol. The predicted octanol–water partition coefficient (Wildman–Crippen LogP) is 3.20. The largest absolute Gasteiger partial charge is 0.462 e. The molecule has 3 aliphatic rings. The van der Waals surface area contributed by atoms with Gasteiger partial charge in [-0.3, -0.25) is 9.59 Å². The van der Waals surface area contributed by atoms with Crippen LogP contribution in [-0.2, 0) is 14.3 Å². The van der Waals surface area contributed by atoms with Crippen molar-refractivity contribution in [2.24, 2.45) is 17.3 Å². The molecule has 0 aromatic rings. The Bertz CT molecular complexity index is 528. The average molecular weight is 274 g/mol. The second-order valence-corrected chi connectivity index (χ2v) is 6.63. The summed E-state index contributed by atoms with van der Waals surface area (Å²) in [6, 6.07) is 0. The van der Waals surface area contributed by atoms with Crippen LogP contribution in [0, 0.1) is 17.3 Å². The Balaban J connectivity index is 1.98. The Labute approximate surface area is 120 Å². The first kappa shape index (κ1) is 13.6. The Morgan fingerprint density at radius 2 is 2.10 bits per heavy atom. The smallest absolute Gasteiger partial charge is 0.302 e. The van der Waals surface area contributed by atoms with E-state index in [2.05, 4.69) is 19.1 Å². The number of rotatable bonds is 1. The summed E-state index contributed by atoms with van der Waals surface area (Å²) in [7, 11) is 0. The first-order chi connectivity index (χ1) is 9.43. The minimum Gasteiger partial charge on any atom is -0.462 e. The Kier molecular flexibility index (Phi) is 3.11. The molecule has 0 saturated heterocycles. The van der Waals surface area contributed by atoms with Gasteiger partial charge in [0.1, 0.15) is 6.10 Å². The highest BCUT2D eigenvalue weighted by Crippen LogP contribution is 2.56. The van der Waals surface area contributed by atoms with Gasteiger partial charge in [-0.25, -0.2) is 0 Å². The van der Waals surface area contributed by atoms with Crippen molar-refractivity contribution in [3.8, 4) is 0 Å². The van der Waals surface area contributed by atoms with Gasteiger partial charge in [0.05, 0.1) is 0 Å². The Morgan fingerprint density at radius 3 is 2.80 bits per heavy atom. The van der Waals surface area contributed by atoms with Crippen LogP contribution in [0.2, 0.25) is 0 Å². The molecule has 0 aromatic heterocycles. The molecule has 0 bridgehead atoms. The Hall–Kier alpha value is -1.38. The van der Waals surface area contributed by atoms with E-state index in [0.29, 0.717) is 24.0 Å². The SMILES string of the molecule is CC(=O)O[C@@H]1CCC2C3CCC(=O)C(C)=C3C=C[C@]21C. The molecule has 1 saturated carbocycles. The Morgan fingerprint density at radius 1 is 1.35 bits per heavy atom. The van der Waals surface area contributed by atoms with Crippen LogP contribution in [0.1, 0.15) is 46.5 Å². The van der Waals surface area contributed by atoms with Crippen LogP contribution in [0.25, 0.3) is 0 Å². The van der Waals surface area contributed by atoms with Crippen molar-refractivity contribution >= 4 is 11.8 Å². The van der Waals surface area contributed by atoms with Gasteiger partial charge in [0, 0.05) is 18.8 Å². The van der Waals surface area contributed by atoms with Gasteiger partial charge in [-0.1, -0.05) is 19.1 Å². The summed E-state index contributed by atoms with van der Waals surface area (Å²) in [5.41, 5.74) is 2.10. The first-order valence-electron chi connectivity index (χ1n) is 7.54. The van der Waals surface area contributed by atoms with Crippen molar-refractivity contribution in [2.75, 3.05) is 0 Å². The highest BCUT2D eigenvalue weighted by molar-refractivity contribution is 5.97. The molecule has 108 valence electrons. The summed E-state index contributed by atoms with van der Waals surface area (Å²) in [6.07, 6.45) is 7.92. The number of hydrogen-bond donors (Lipinski definition) is 0. The van der Waals surface area contributed by atoms with E-state index in [0.717, 1.165) is 24.8 Å². The molecule has 3 aliphatic carbocycles. The molecule has 3 nitrogen and oxygen atoms in total. The van der Waals surface area contributed by atoms with Crippen LogP contribution < -0.4 is 0 Å². The summed E-state index contributed by atoms with van der Waals surface area (Å²) in [5, 5.41) is 0. The monoisotopic (exact) mass is 274 g/mol. The molecule has 3 rings (SSSR count). The van der Waals surface area contributed by atoms with Crippen molar-refractivity contribution in [1.29, 1.82) is 0 Å². The van der Waals surface area contributed by atoms with E-state index in [1.54, 1.807) is 0 Å². The third-order valence-electron chi connectivity index (χ3n) is 5.58. The quantitative estimate of drug-likeness (QED) is 0.690. The number of carbonyl (C=O) groups excluding carboxylic acids is 2. The fourth-order valence-electron chi connectivity index (χ4n) is 4.45. The lowest BCUT2D eigenvalue weighted by molar-refractivity contribution is -0.150. The molecule has 4 atom stereocenters. The molecule has 0 aromatic carbocycles. The van der Waals surface area contributed by atoms with E-state index < -0.39 is 0 Å². The van der Waals surface area contributed by atoms with Gasteiger partial charge in [-0.2, -0.15) is 0 Å². The summed E-state index contributed by atoms with van der Waals surface area (Å²) in [6.45, 7) is 5.64. The van der Waals surface area contributed by atoms with E-state index in [-0.39, 0.29) is 17.5 Å². The summed E-state index contributed by atoms with van der Waals surface area (Å²) >= 11 is 0. The van der Waals surface area contributed by atoms with Crippen molar-refractivity contribution in [2.45, 2.75) is 52.6 Å². The third-order valence-corrected chi connectivity index (χ3v) is 5.58. The van der Waals surface area contributed by atoms with Crippen molar-refractivity contribution in [3.63, 3.8) is 0 Å². The maximum absolute atomic E-state index is 11.9. The highest BCUT2D eigenvalue weighted by atomic mass is 16.5. The number of esters is 1. The van der Waals surface area contributed by atoms with Gasteiger partial charge >= 0.3 is 5.97 Å². The van der Waals surface area contributed by atoms with Crippen LogP contribution in [0.5, 0.6) is 0 Å². The lowest BCUT2D eigenvalue weighted by Gasteiger charge is -2.43. The molecular weight excluding hydrogens is 252 g/mol. The van der Waals surface area contributed by atoms with Crippen LogP contribution in [0.15, 0.2) is 23.3 Å². The van der Waals surface area contributed by atoms with Gasteiger partial charge in [0.15, 0.2) is 5.78 Å². The van der Waals surface area contributed by atoms with Gasteiger partial charge in [-0.15, -0.1) is 0 Å². The second-order valence-electron chi connectivity index (χ2n) is 6.63. The summed E-state index contributed by atoms with van der Waals surface area (Å²) in [5.74, 6) is 1.05. The summed E-state index contributed by atoms with van der Waals surface area (Å²) in [4.78, 5) is 23.2. The van der Waals surface area contributed by atoms with Crippen molar-refractivity contribution in [3.05, 3.63) is 23.3 Å². The van der Waals surface area contributed by atoms with Crippen LogP contribution >= 0.6 is 0 Å². The standard InChI is InChI=1S/C17H22O3/c1-10-12-8-9-17(3)14(13(12)4-6-15(10)19)5-7-16(17)20-11(2)18/h8-9,13-14,16H,4-7H2,1-3H3/t13?,14?,16-,17-/m1/s1. The topological polar surface area (TPSA) is 43.4 Å². The van der Waals surface area contributed by atoms with E-state index in [1.165, 1.54) is 12.5 Å². The molecule has 20 heavy (non-hydrogen) atoms. The molecular formula is C17H22O3. The van der Waals surface area contributed by atoms with E-state index in [4.69, 9.17) is 4.74 Å². The number of hydrogen-bond acceptors (Lipinski definition) is 3. The molecule has 3 heteroatoms. The van der Waals surface area contributed by atoms with Crippen LogP contribution in [0.3, 0.4) is 0 Å². The lowest BCUT2D eigenvalue weighted by atomic mass is 9.62. The zero-order valence-electron chi connectivity index (χ0n) is 12.4. The zero-order chi connectivity index (χ0) is 14.5. The maximum atomic E-state index is 11.9. The number of allylic oxidation sites excluding steroid dienone is 3. The fourth-order valence-corrected chi connectivity index (χ4v) is 4.45. The van der Waals surface area contributed by atoms with E-state index >= 15 is 0 Å². The molecule has 1 fully saturated rings. The van der Waals surface area contributed by atoms with E-state index in [1.807, 2.05) is 6.92 Å². The van der Waals surface area contributed by atoms with Gasteiger partial charge in [0.2, 0.25) is 0 Å². The minimum absolute atomic E-state index is 0.0132. The van der Waals surface area contributed by atoms with Gasteiger partial charge in [-0.05, 0) is 49.2 Å². The lowest BCUT2D eigenvalue weighted by Crippen LogP contribution is -2.40. The number of carbonyl (C=O) groups is 2. The average Bonchev–Trinajstić information content (AvgIpc) is 2.71. The van der Waals surface area contributed by atoms with Crippen molar-refractivity contribution < 1.29 is 14.3 Å². The number of ether oxygens (including phenoxy) is 1. The third kappa shape index (κ3) is 1.87. The normalized spacial score (nSPS) is 39.5. The number of ketones is 1. The maximum Gasteiger partial charge on any atom is 0.302 e. The molecule has 0 spiro atoms. The summed E-state index contributed by atoms with van der Waals surface area (Å²) < 4.78 is 5.54. The second kappa shape index (κ2) is 4.57. The fraction of sp³-hybridized carbons (Fsp3) is 0.647.